The van der Waals surface area contributed by atoms with Gasteiger partial charge in [-0.1, -0.05) is 55.5 Å². The summed E-state index contributed by atoms with van der Waals surface area (Å²) < 4.78 is 17.3. The Kier molecular flexibility index (Phi) is 9.95. The molecule has 0 spiro atoms. The first-order valence-corrected chi connectivity index (χ1v) is 13.9. The second-order valence-corrected chi connectivity index (χ2v) is 9.55. The van der Waals surface area contributed by atoms with Crippen LogP contribution in [0.2, 0.25) is 0 Å². The Labute approximate surface area is 244 Å². The molecule has 12 nitrogen and oxygen atoms in total. The lowest BCUT2D eigenvalue weighted by atomic mass is 9.98. The van der Waals surface area contributed by atoms with Crippen molar-refractivity contribution in [2.24, 2.45) is 0 Å². The van der Waals surface area contributed by atoms with E-state index >= 15 is 0 Å². The molecule has 0 radical (unpaired) electrons. The lowest BCUT2D eigenvalue weighted by Gasteiger charge is -2.20. The van der Waals surface area contributed by atoms with Gasteiger partial charge in [0.05, 0.1) is 36.4 Å². The van der Waals surface area contributed by atoms with Crippen molar-refractivity contribution in [2.45, 2.75) is 39.7 Å². The van der Waals surface area contributed by atoms with Gasteiger partial charge in [-0.2, -0.15) is 5.21 Å². The van der Waals surface area contributed by atoms with Crippen LogP contribution in [0, 0.1) is 0 Å². The van der Waals surface area contributed by atoms with E-state index in [0.717, 1.165) is 22.3 Å². The predicted molar refractivity (Wildman–Crippen MR) is 152 cm³/mol. The summed E-state index contributed by atoms with van der Waals surface area (Å²) >= 11 is 3.31. The second kappa shape index (κ2) is 13.8. The maximum Gasteiger partial charge on any atom is 0.325 e. The van der Waals surface area contributed by atoms with E-state index < -0.39 is 23.4 Å². The van der Waals surface area contributed by atoms with E-state index in [4.69, 9.17) is 14.2 Å². The average molecular weight is 625 g/mol. The number of tetrazole rings is 1. The fourth-order valence-corrected chi connectivity index (χ4v) is 4.75. The van der Waals surface area contributed by atoms with Crippen molar-refractivity contribution < 1.29 is 23.8 Å². The van der Waals surface area contributed by atoms with E-state index in [9.17, 15) is 14.4 Å². The van der Waals surface area contributed by atoms with Crippen LogP contribution in [0.5, 0.6) is 5.88 Å². The first-order valence-electron chi connectivity index (χ1n) is 13.1. The monoisotopic (exact) mass is 624 g/mol. The lowest BCUT2D eigenvalue weighted by molar-refractivity contribution is -0.157. The summed E-state index contributed by atoms with van der Waals surface area (Å²) in [6.45, 7) is 5.57. The van der Waals surface area contributed by atoms with Gasteiger partial charge in [0.15, 0.2) is 5.92 Å². The Morgan fingerprint density at radius 1 is 0.976 bits per heavy atom. The van der Waals surface area contributed by atoms with Gasteiger partial charge in [0, 0.05) is 5.56 Å². The molecule has 0 amide bonds. The quantitative estimate of drug-likeness (QED) is 0.181. The van der Waals surface area contributed by atoms with Crippen molar-refractivity contribution >= 4 is 27.9 Å². The van der Waals surface area contributed by atoms with Crippen LogP contribution in [0.3, 0.4) is 0 Å². The molecule has 2 aromatic heterocycles. The summed E-state index contributed by atoms with van der Waals surface area (Å²) in [7, 11) is 0. The summed E-state index contributed by atoms with van der Waals surface area (Å²) in [5.74, 6) is -2.80. The maximum atomic E-state index is 13.4. The van der Waals surface area contributed by atoms with Gasteiger partial charge in [-0.3, -0.25) is 14.4 Å². The minimum Gasteiger partial charge on any atom is -0.476 e. The fourth-order valence-electron chi connectivity index (χ4n) is 4.15. The molecule has 0 saturated heterocycles. The summed E-state index contributed by atoms with van der Waals surface area (Å²) in [6.07, 6.45) is 0.633. The predicted octanol–water partition coefficient (Wildman–Crippen LogP) is 3.90. The topological polar surface area (TPSA) is 151 Å². The molecule has 41 heavy (non-hydrogen) atoms. The molecule has 1 N–H and O–H groups in total. The number of rotatable bonds is 12. The minimum atomic E-state index is -1.54. The highest BCUT2D eigenvalue weighted by atomic mass is 79.9. The molecule has 4 aromatic rings. The highest BCUT2D eigenvalue weighted by molar-refractivity contribution is 9.10. The van der Waals surface area contributed by atoms with Crippen molar-refractivity contribution in [3.63, 3.8) is 0 Å². The summed E-state index contributed by atoms with van der Waals surface area (Å²) in [6, 6.07) is 15.3. The van der Waals surface area contributed by atoms with Gasteiger partial charge in [-0.25, -0.2) is 4.68 Å². The molecule has 0 unspecified atom stereocenters. The maximum absolute atomic E-state index is 13.4. The van der Waals surface area contributed by atoms with Crippen molar-refractivity contribution in [3.05, 3.63) is 74.5 Å². The number of benzene rings is 2. The van der Waals surface area contributed by atoms with Crippen LogP contribution in [0.1, 0.15) is 44.2 Å². The molecule has 4 rings (SSSR count). The van der Waals surface area contributed by atoms with Gasteiger partial charge >= 0.3 is 11.9 Å². The zero-order chi connectivity index (χ0) is 29.4. The molecular weight excluding hydrogens is 596 g/mol. The van der Waals surface area contributed by atoms with Crippen LogP contribution in [0.15, 0.2) is 57.8 Å². The number of aromatic amines is 1. The Morgan fingerprint density at radius 2 is 1.63 bits per heavy atom. The van der Waals surface area contributed by atoms with E-state index in [2.05, 4.69) is 41.7 Å². The van der Waals surface area contributed by atoms with Crippen LogP contribution in [0.4, 0.5) is 0 Å². The number of nitrogens with zero attached hydrogens (tertiary/aromatic N) is 5. The third-order valence-corrected chi connectivity index (χ3v) is 6.75. The third kappa shape index (κ3) is 6.68. The summed E-state index contributed by atoms with van der Waals surface area (Å²) in [5, 5.41) is 18.7. The number of halogens is 1. The van der Waals surface area contributed by atoms with Gasteiger partial charge in [0.1, 0.15) is 0 Å². The van der Waals surface area contributed by atoms with Gasteiger partial charge in [-0.15, -0.1) is 15.3 Å². The van der Waals surface area contributed by atoms with Crippen LogP contribution >= 0.6 is 15.9 Å². The van der Waals surface area contributed by atoms with E-state index in [-0.39, 0.29) is 42.3 Å². The Balaban J connectivity index is 1.70. The first kappa shape index (κ1) is 29.6. The number of H-pyrrole nitrogens is 1. The Morgan fingerprint density at radius 3 is 2.22 bits per heavy atom. The molecule has 0 aliphatic rings. The van der Waals surface area contributed by atoms with Gasteiger partial charge < -0.3 is 14.2 Å². The van der Waals surface area contributed by atoms with E-state index in [0.29, 0.717) is 12.2 Å². The average Bonchev–Trinajstić information content (AvgIpc) is 3.52. The van der Waals surface area contributed by atoms with Crippen LogP contribution < -0.4 is 10.3 Å². The summed E-state index contributed by atoms with van der Waals surface area (Å²) in [4.78, 5) is 39.1. The smallest absolute Gasteiger partial charge is 0.325 e. The SMILES string of the molecule is CCCOc1nn(Cc2ccc(-c3ccccc3-c3nn[nH]n3)cc2)c(=O)c(Br)c1C(C(=O)OCC)C(=O)OCC. The number of carbonyl (C=O) groups is 2. The zero-order valence-electron chi connectivity index (χ0n) is 22.8. The highest BCUT2D eigenvalue weighted by Gasteiger charge is 2.38. The normalized spacial score (nSPS) is 11.0. The number of hydrogen-bond donors (Lipinski definition) is 1. The lowest BCUT2D eigenvalue weighted by Crippen LogP contribution is -2.32. The number of aromatic nitrogens is 6. The molecule has 13 heteroatoms. The van der Waals surface area contributed by atoms with Gasteiger partial charge in [-0.05, 0) is 58.1 Å². The Bertz CT molecular complexity index is 1540. The standard InChI is InChI=1S/C28H29BrN6O6/c1-4-15-41-25-21(22(27(37)39-5-2)28(38)40-6-3)23(29)26(36)35(32-25)16-17-11-13-18(14-12-17)19-9-7-8-10-20(19)24-30-33-34-31-24/h7-14,22H,4-6,15-16H2,1-3H3,(H,30,31,33,34). The van der Waals surface area contributed by atoms with Gasteiger partial charge in [0.2, 0.25) is 11.7 Å². The molecule has 0 aliphatic heterocycles. The van der Waals surface area contributed by atoms with E-state index in [1.807, 2.05) is 55.5 Å². The molecular formula is C28H29BrN6O6. The molecule has 2 heterocycles. The van der Waals surface area contributed by atoms with Crippen LogP contribution in [0.25, 0.3) is 22.5 Å². The molecule has 0 saturated carbocycles. The third-order valence-electron chi connectivity index (χ3n) is 5.99. The minimum absolute atomic E-state index is 0.0231. The largest absolute Gasteiger partial charge is 0.476 e. The van der Waals surface area contributed by atoms with Crippen LogP contribution in [-0.4, -0.2) is 62.2 Å². The molecule has 0 fully saturated rings. The fraction of sp³-hybridized carbons (Fsp3) is 0.321. The molecule has 0 atom stereocenters. The molecule has 214 valence electrons. The van der Waals surface area contributed by atoms with Crippen LogP contribution in [-0.2, 0) is 25.6 Å². The number of esters is 2. The molecule has 2 aromatic carbocycles. The summed E-state index contributed by atoms with van der Waals surface area (Å²) in [5.41, 5.74) is 2.88. The van der Waals surface area contributed by atoms with E-state index in [1.165, 1.54) is 4.68 Å². The van der Waals surface area contributed by atoms with Crippen molar-refractivity contribution in [3.8, 4) is 28.4 Å². The highest BCUT2D eigenvalue weighted by Crippen LogP contribution is 2.33. The van der Waals surface area contributed by atoms with Crippen molar-refractivity contribution in [2.75, 3.05) is 19.8 Å². The van der Waals surface area contributed by atoms with Crippen molar-refractivity contribution in [1.82, 2.24) is 30.4 Å². The zero-order valence-corrected chi connectivity index (χ0v) is 24.4. The second-order valence-electron chi connectivity index (χ2n) is 8.76. The Hall–Kier alpha value is -4.39. The molecule has 0 bridgehead atoms. The molecule has 0 aliphatic carbocycles. The number of nitrogens with one attached hydrogen (secondary N) is 1. The first-order chi connectivity index (χ1) is 19.9. The number of ether oxygens (including phenoxy) is 3. The number of carbonyl (C=O) groups excluding carboxylic acids is 2. The van der Waals surface area contributed by atoms with Crippen molar-refractivity contribution in [1.29, 1.82) is 0 Å². The number of hydrogen-bond acceptors (Lipinski definition) is 10. The van der Waals surface area contributed by atoms with E-state index in [1.54, 1.807) is 13.8 Å². The van der Waals surface area contributed by atoms with Gasteiger partial charge in [0.25, 0.3) is 5.56 Å².